The summed E-state index contributed by atoms with van der Waals surface area (Å²) in [6.45, 7) is 3.97. The lowest BCUT2D eigenvalue weighted by molar-refractivity contribution is -0.113. The Hall–Kier alpha value is -1.90. The molecule has 148 valence electrons. The minimum atomic E-state index is -0.432. The highest BCUT2D eigenvalue weighted by molar-refractivity contribution is 8.23. The molecule has 8 heteroatoms. The van der Waals surface area contributed by atoms with Gasteiger partial charge in [-0.05, 0) is 25.3 Å². The summed E-state index contributed by atoms with van der Waals surface area (Å²) in [6.07, 6.45) is 2.29. The van der Waals surface area contributed by atoms with Crippen molar-refractivity contribution in [2.75, 3.05) is 30.8 Å². The molecule has 0 radical (unpaired) electrons. The standard InChI is InChI=1S/C20H22N2O3S3/c1-2-25-19(24)17-15(14-8-4-3-5-9-14)12-27-18(17)21-16(23)13-28-20(26)22-10-6-7-11-22/h3-5,8-9,12H,2,6-7,10-11,13H2,1H3,(H,21,23). The Morgan fingerprint density at radius 1 is 1.25 bits per heavy atom. The van der Waals surface area contributed by atoms with E-state index in [0.717, 1.165) is 41.4 Å². The lowest BCUT2D eigenvalue weighted by Gasteiger charge is -2.17. The number of thiocarbonyl (C=S) groups is 1. The van der Waals surface area contributed by atoms with Crippen molar-refractivity contribution in [3.8, 4) is 11.1 Å². The molecule has 0 saturated carbocycles. The number of amides is 1. The number of ether oxygens (including phenoxy) is 1. The van der Waals surface area contributed by atoms with Crippen molar-refractivity contribution in [1.29, 1.82) is 0 Å². The summed E-state index contributed by atoms with van der Waals surface area (Å²) < 4.78 is 5.98. The van der Waals surface area contributed by atoms with E-state index < -0.39 is 5.97 Å². The van der Waals surface area contributed by atoms with E-state index >= 15 is 0 Å². The molecule has 1 aromatic heterocycles. The first-order valence-electron chi connectivity index (χ1n) is 9.15. The number of benzene rings is 1. The number of thioether (sulfide) groups is 1. The predicted octanol–water partition coefficient (Wildman–Crippen LogP) is 4.64. The fraction of sp³-hybridized carbons (Fsp3) is 0.350. The predicted molar refractivity (Wildman–Crippen MR) is 120 cm³/mol. The van der Waals surface area contributed by atoms with Crippen LogP contribution >= 0.6 is 35.3 Å². The van der Waals surface area contributed by atoms with Gasteiger partial charge in [-0.3, -0.25) is 4.79 Å². The van der Waals surface area contributed by atoms with Gasteiger partial charge in [0.05, 0.1) is 12.4 Å². The topological polar surface area (TPSA) is 58.6 Å². The molecule has 0 aliphatic carbocycles. The van der Waals surface area contributed by atoms with Gasteiger partial charge in [-0.15, -0.1) is 11.3 Å². The van der Waals surface area contributed by atoms with Crippen LogP contribution in [0.1, 0.15) is 30.1 Å². The number of rotatable bonds is 6. The molecule has 0 bridgehead atoms. The van der Waals surface area contributed by atoms with Crippen LogP contribution in [0.25, 0.3) is 11.1 Å². The van der Waals surface area contributed by atoms with E-state index in [0.29, 0.717) is 10.6 Å². The van der Waals surface area contributed by atoms with E-state index in [2.05, 4.69) is 10.2 Å². The largest absolute Gasteiger partial charge is 0.462 e. The van der Waals surface area contributed by atoms with Gasteiger partial charge in [0, 0.05) is 24.0 Å². The normalized spacial score (nSPS) is 13.4. The fourth-order valence-electron chi connectivity index (χ4n) is 2.97. The number of likely N-dealkylation sites (tertiary alicyclic amines) is 1. The first-order chi connectivity index (χ1) is 13.6. The van der Waals surface area contributed by atoms with Gasteiger partial charge in [-0.2, -0.15) is 0 Å². The van der Waals surface area contributed by atoms with E-state index in [9.17, 15) is 9.59 Å². The summed E-state index contributed by atoms with van der Waals surface area (Å²) >= 11 is 8.09. The third-order valence-electron chi connectivity index (χ3n) is 4.30. The zero-order valence-corrected chi connectivity index (χ0v) is 18.1. The van der Waals surface area contributed by atoms with Crippen LogP contribution in [0.4, 0.5) is 5.00 Å². The molecule has 1 amide bonds. The highest BCUT2D eigenvalue weighted by Gasteiger charge is 2.23. The summed E-state index contributed by atoms with van der Waals surface area (Å²) in [5.41, 5.74) is 2.07. The molecule has 1 aliphatic rings. The van der Waals surface area contributed by atoms with Crippen LogP contribution in [0, 0.1) is 0 Å². The van der Waals surface area contributed by atoms with Gasteiger partial charge in [0.1, 0.15) is 14.9 Å². The van der Waals surface area contributed by atoms with Crippen LogP contribution in [0.5, 0.6) is 0 Å². The first kappa shape index (κ1) is 20.8. The molecule has 1 aliphatic heterocycles. The summed E-state index contributed by atoms with van der Waals surface area (Å²) in [5, 5.41) is 5.25. The average molecular weight is 435 g/mol. The number of esters is 1. The van der Waals surface area contributed by atoms with Gasteiger partial charge in [0.25, 0.3) is 0 Å². The molecule has 1 fully saturated rings. The molecule has 1 aromatic carbocycles. The molecule has 1 N–H and O–H groups in total. The Balaban J connectivity index is 1.72. The highest BCUT2D eigenvalue weighted by Crippen LogP contribution is 2.36. The van der Waals surface area contributed by atoms with Crippen LogP contribution < -0.4 is 5.32 Å². The Morgan fingerprint density at radius 3 is 2.64 bits per heavy atom. The molecular weight excluding hydrogens is 412 g/mol. The summed E-state index contributed by atoms with van der Waals surface area (Å²) in [5.74, 6) is -0.396. The van der Waals surface area contributed by atoms with Crippen LogP contribution in [0.3, 0.4) is 0 Å². The lowest BCUT2D eigenvalue weighted by atomic mass is 10.0. The van der Waals surface area contributed by atoms with Crippen molar-refractivity contribution < 1.29 is 14.3 Å². The Bertz CT molecular complexity index is 846. The SMILES string of the molecule is CCOC(=O)c1c(-c2ccccc2)csc1NC(=O)CSC(=S)N1CCCC1. The zero-order chi connectivity index (χ0) is 19.9. The van der Waals surface area contributed by atoms with Crippen molar-refractivity contribution in [1.82, 2.24) is 4.90 Å². The van der Waals surface area contributed by atoms with E-state index in [-0.39, 0.29) is 18.3 Å². The number of nitrogens with one attached hydrogen (secondary N) is 1. The monoisotopic (exact) mass is 434 g/mol. The number of nitrogens with zero attached hydrogens (tertiary/aromatic N) is 1. The Kier molecular flexibility index (Phi) is 7.47. The van der Waals surface area contributed by atoms with Crippen LogP contribution in [0.2, 0.25) is 0 Å². The molecule has 5 nitrogen and oxygen atoms in total. The summed E-state index contributed by atoms with van der Waals surface area (Å²) in [6, 6.07) is 9.61. The molecule has 28 heavy (non-hydrogen) atoms. The second-order valence-electron chi connectivity index (χ2n) is 6.24. The van der Waals surface area contributed by atoms with Crippen molar-refractivity contribution in [3.63, 3.8) is 0 Å². The van der Waals surface area contributed by atoms with Crippen molar-refractivity contribution >= 4 is 56.5 Å². The van der Waals surface area contributed by atoms with Crippen molar-refractivity contribution in [2.45, 2.75) is 19.8 Å². The Morgan fingerprint density at radius 2 is 1.96 bits per heavy atom. The van der Waals surface area contributed by atoms with Gasteiger partial charge in [-0.1, -0.05) is 54.3 Å². The lowest BCUT2D eigenvalue weighted by Crippen LogP contribution is -2.25. The highest BCUT2D eigenvalue weighted by atomic mass is 32.2. The number of carbonyl (C=O) groups excluding carboxylic acids is 2. The quantitative estimate of drug-likeness (QED) is 0.528. The molecule has 3 rings (SSSR count). The van der Waals surface area contributed by atoms with Gasteiger partial charge >= 0.3 is 5.97 Å². The smallest absolute Gasteiger partial charge is 0.341 e. The van der Waals surface area contributed by atoms with Crippen molar-refractivity contribution in [3.05, 3.63) is 41.3 Å². The number of thiophene rings is 1. The van der Waals surface area contributed by atoms with Gasteiger partial charge in [-0.25, -0.2) is 4.79 Å². The maximum atomic E-state index is 12.5. The van der Waals surface area contributed by atoms with E-state index in [1.807, 2.05) is 35.7 Å². The first-order valence-corrected chi connectivity index (χ1v) is 11.4. The zero-order valence-electron chi connectivity index (χ0n) is 15.6. The molecule has 0 spiro atoms. The minimum absolute atomic E-state index is 0.182. The molecule has 2 aromatic rings. The third-order valence-corrected chi connectivity index (χ3v) is 6.72. The molecule has 2 heterocycles. The number of hydrogen-bond donors (Lipinski definition) is 1. The van der Waals surface area contributed by atoms with Gasteiger partial charge in [0.2, 0.25) is 5.91 Å². The van der Waals surface area contributed by atoms with Crippen molar-refractivity contribution in [2.24, 2.45) is 0 Å². The maximum Gasteiger partial charge on any atom is 0.341 e. The number of carbonyl (C=O) groups is 2. The Labute approximate surface area is 178 Å². The maximum absolute atomic E-state index is 12.5. The fourth-order valence-corrected chi connectivity index (χ4v) is 4.99. The second-order valence-corrected chi connectivity index (χ2v) is 8.73. The third kappa shape index (κ3) is 5.12. The van der Waals surface area contributed by atoms with E-state index in [1.54, 1.807) is 6.92 Å². The van der Waals surface area contributed by atoms with Crippen LogP contribution in [-0.4, -0.2) is 46.5 Å². The van der Waals surface area contributed by atoms with Crippen LogP contribution in [0.15, 0.2) is 35.7 Å². The summed E-state index contributed by atoms with van der Waals surface area (Å²) in [4.78, 5) is 27.1. The molecule has 0 atom stereocenters. The second kappa shape index (κ2) is 10.0. The number of hydrogen-bond acceptors (Lipinski definition) is 6. The van der Waals surface area contributed by atoms with Gasteiger partial charge in [0.15, 0.2) is 0 Å². The minimum Gasteiger partial charge on any atom is -0.462 e. The van der Waals surface area contributed by atoms with E-state index in [4.69, 9.17) is 17.0 Å². The van der Waals surface area contributed by atoms with Crippen LogP contribution in [-0.2, 0) is 9.53 Å². The molecular formula is C20H22N2O3S3. The molecule has 1 saturated heterocycles. The average Bonchev–Trinajstić information content (AvgIpc) is 3.37. The molecule has 0 unspecified atom stereocenters. The van der Waals surface area contributed by atoms with Gasteiger partial charge < -0.3 is 15.0 Å². The summed E-state index contributed by atoms with van der Waals surface area (Å²) in [7, 11) is 0. The number of anilines is 1. The van der Waals surface area contributed by atoms with E-state index in [1.165, 1.54) is 23.1 Å².